The lowest BCUT2D eigenvalue weighted by atomic mass is 9.98. The Labute approximate surface area is 108 Å². The van der Waals surface area contributed by atoms with E-state index in [-0.39, 0.29) is 11.8 Å². The second-order valence-corrected chi connectivity index (χ2v) is 5.05. The summed E-state index contributed by atoms with van der Waals surface area (Å²) in [6.45, 7) is 4.21. The van der Waals surface area contributed by atoms with E-state index >= 15 is 0 Å². The van der Waals surface area contributed by atoms with Crippen molar-refractivity contribution < 1.29 is 4.79 Å². The molecule has 0 bridgehead atoms. The zero-order valence-corrected chi connectivity index (χ0v) is 11.2. The number of nitrogens with two attached hydrogens (primary N) is 1. The van der Waals surface area contributed by atoms with E-state index in [1.165, 1.54) is 0 Å². The first-order chi connectivity index (χ1) is 8.63. The van der Waals surface area contributed by atoms with Crippen molar-refractivity contribution in [3.63, 3.8) is 0 Å². The van der Waals surface area contributed by atoms with E-state index in [9.17, 15) is 4.79 Å². The van der Waals surface area contributed by atoms with Gasteiger partial charge in [-0.25, -0.2) is 0 Å². The molecule has 1 aromatic rings. The number of aryl methyl sites for hydroxylation is 1. The van der Waals surface area contributed by atoms with Crippen LogP contribution in [0.2, 0.25) is 0 Å². The number of aromatic nitrogens is 2. The Morgan fingerprint density at radius 3 is 2.67 bits per heavy atom. The van der Waals surface area contributed by atoms with Gasteiger partial charge in [0.2, 0.25) is 5.91 Å². The largest absolute Gasteiger partial charge is 0.342 e. The molecule has 1 unspecified atom stereocenters. The Hall–Kier alpha value is -1.36. The second kappa shape index (κ2) is 5.52. The van der Waals surface area contributed by atoms with E-state index < -0.39 is 0 Å². The summed E-state index contributed by atoms with van der Waals surface area (Å²) >= 11 is 0. The van der Waals surface area contributed by atoms with Crippen molar-refractivity contribution in [1.29, 1.82) is 0 Å². The molecule has 100 valence electrons. The first-order valence-corrected chi connectivity index (χ1v) is 6.59. The molecule has 2 N–H and O–H groups in total. The Kier molecular flexibility index (Phi) is 4.01. The van der Waals surface area contributed by atoms with Crippen LogP contribution in [0.25, 0.3) is 0 Å². The molecule has 0 aliphatic carbocycles. The SMILES string of the molecule is Cc1c(CC(CN)C(=O)N2CCCC2)cnn1C. The van der Waals surface area contributed by atoms with Gasteiger partial charge in [0.25, 0.3) is 0 Å². The molecule has 5 nitrogen and oxygen atoms in total. The van der Waals surface area contributed by atoms with Gasteiger partial charge in [-0.1, -0.05) is 0 Å². The Balaban J connectivity index is 2.04. The van der Waals surface area contributed by atoms with Gasteiger partial charge in [0, 0.05) is 32.4 Å². The third-order valence-electron chi connectivity index (χ3n) is 3.85. The maximum absolute atomic E-state index is 12.3. The molecule has 18 heavy (non-hydrogen) atoms. The van der Waals surface area contributed by atoms with Crippen LogP contribution >= 0.6 is 0 Å². The van der Waals surface area contributed by atoms with Crippen molar-refractivity contribution in [2.24, 2.45) is 18.7 Å². The van der Waals surface area contributed by atoms with Crippen molar-refractivity contribution in [3.8, 4) is 0 Å². The lowest BCUT2D eigenvalue weighted by molar-refractivity contribution is -0.134. The van der Waals surface area contributed by atoms with Gasteiger partial charge in [-0.3, -0.25) is 9.48 Å². The summed E-state index contributed by atoms with van der Waals surface area (Å²) in [7, 11) is 1.92. The number of nitrogens with zero attached hydrogens (tertiary/aromatic N) is 3. The van der Waals surface area contributed by atoms with Gasteiger partial charge in [0.05, 0.1) is 12.1 Å². The van der Waals surface area contributed by atoms with Crippen molar-refractivity contribution in [3.05, 3.63) is 17.5 Å². The van der Waals surface area contributed by atoms with Crippen LogP contribution in [0.15, 0.2) is 6.20 Å². The van der Waals surface area contributed by atoms with E-state index in [0.717, 1.165) is 37.2 Å². The summed E-state index contributed by atoms with van der Waals surface area (Å²) in [6.07, 6.45) is 4.78. The summed E-state index contributed by atoms with van der Waals surface area (Å²) in [4.78, 5) is 14.3. The van der Waals surface area contributed by atoms with Crippen molar-refractivity contribution in [1.82, 2.24) is 14.7 Å². The van der Waals surface area contributed by atoms with Crippen LogP contribution < -0.4 is 5.73 Å². The molecule has 1 aromatic heterocycles. The molecule has 0 radical (unpaired) electrons. The van der Waals surface area contributed by atoms with Crippen LogP contribution in [-0.4, -0.2) is 40.2 Å². The zero-order chi connectivity index (χ0) is 13.1. The highest BCUT2D eigenvalue weighted by Gasteiger charge is 2.26. The predicted molar refractivity (Wildman–Crippen MR) is 70.0 cm³/mol. The fraction of sp³-hybridized carbons (Fsp3) is 0.692. The predicted octanol–water partition coefficient (Wildman–Crippen LogP) is 0.468. The molecule has 0 aromatic carbocycles. The molecule has 1 atom stereocenters. The van der Waals surface area contributed by atoms with Crippen LogP contribution in [-0.2, 0) is 18.3 Å². The Morgan fingerprint density at radius 1 is 1.50 bits per heavy atom. The molecule has 0 spiro atoms. The van der Waals surface area contributed by atoms with E-state index in [0.29, 0.717) is 13.0 Å². The normalized spacial score (nSPS) is 17.2. The standard InChI is InChI=1S/C13H22N4O/c1-10-12(9-15-16(10)2)7-11(8-14)13(18)17-5-3-4-6-17/h9,11H,3-8,14H2,1-2H3. The molecular formula is C13H22N4O. The number of hydrogen-bond acceptors (Lipinski definition) is 3. The Morgan fingerprint density at radius 2 is 2.17 bits per heavy atom. The molecule has 0 saturated carbocycles. The first kappa shape index (κ1) is 13.1. The summed E-state index contributed by atoms with van der Waals surface area (Å²) in [6, 6.07) is 0. The molecule has 1 aliphatic rings. The Bertz CT molecular complexity index is 421. The monoisotopic (exact) mass is 250 g/mol. The van der Waals surface area contributed by atoms with Crippen LogP contribution in [0.3, 0.4) is 0 Å². The van der Waals surface area contributed by atoms with E-state index in [4.69, 9.17) is 5.73 Å². The molecule has 1 fully saturated rings. The third kappa shape index (κ3) is 2.56. The van der Waals surface area contributed by atoms with Gasteiger partial charge in [-0.05, 0) is 31.7 Å². The number of likely N-dealkylation sites (tertiary alicyclic amines) is 1. The van der Waals surface area contributed by atoms with Crippen molar-refractivity contribution >= 4 is 5.91 Å². The quantitative estimate of drug-likeness (QED) is 0.844. The van der Waals surface area contributed by atoms with Gasteiger partial charge in [-0.15, -0.1) is 0 Å². The summed E-state index contributed by atoms with van der Waals surface area (Å²) in [5.41, 5.74) is 8.01. The molecule has 1 amide bonds. The first-order valence-electron chi connectivity index (χ1n) is 6.59. The fourth-order valence-electron chi connectivity index (χ4n) is 2.48. The average Bonchev–Trinajstić information content (AvgIpc) is 2.99. The van der Waals surface area contributed by atoms with Crippen LogP contribution in [0.1, 0.15) is 24.1 Å². The average molecular weight is 250 g/mol. The van der Waals surface area contributed by atoms with Gasteiger partial charge >= 0.3 is 0 Å². The highest BCUT2D eigenvalue weighted by Crippen LogP contribution is 2.17. The molecule has 1 saturated heterocycles. The highest BCUT2D eigenvalue weighted by atomic mass is 16.2. The third-order valence-corrected chi connectivity index (χ3v) is 3.85. The minimum atomic E-state index is -0.106. The van der Waals surface area contributed by atoms with E-state index in [2.05, 4.69) is 5.10 Å². The van der Waals surface area contributed by atoms with Crippen molar-refractivity contribution in [2.75, 3.05) is 19.6 Å². The van der Waals surface area contributed by atoms with Gasteiger partial charge in [0.15, 0.2) is 0 Å². The van der Waals surface area contributed by atoms with Gasteiger partial charge in [0.1, 0.15) is 0 Å². The lowest BCUT2D eigenvalue weighted by Gasteiger charge is -2.22. The minimum absolute atomic E-state index is 0.106. The topological polar surface area (TPSA) is 64.2 Å². The molecule has 2 heterocycles. The molecule has 2 rings (SSSR count). The minimum Gasteiger partial charge on any atom is -0.342 e. The highest BCUT2D eigenvalue weighted by molar-refractivity contribution is 5.79. The lowest BCUT2D eigenvalue weighted by Crippen LogP contribution is -2.38. The summed E-state index contributed by atoms with van der Waals surface area (Å²) < 4.78 is 1.84. The molecule has 5 heteroatoms. The van der Waals surface area contributed by atoms with Gasteiger partial charge < -0.3 is 10.6 Å². The number of carbonyl (C=O) groups excluding carboxylic acids is 1. The summed E-state index contributed by atoms with van der Waals surface area (Å²) in [5.74, 6) is 0.101. The fourth-order valence-corrected chi connectivity index (χ4v) is 2.48. The number of rotatable bonds is 4. The van der Waals surface area contributed by atoms with Gasteiger partial charge in [-0.2, -0.15) is 5.10 Å². The van der Waals surface area contributed by atoms with Crippen LogP contribution in [0.4, 0.5) is 0 Å². The van der Waals surface area contributed by atoms with Crippen molar-refractivity contribution in [2.45, 2.75) is 26.2 Å². The molecule has 1 aliphatic heterocycles. The van der Waals surface area contributed by atoms with Crippen LogP contribution in [0, 0.1) is 12.8 Å². The number of carbonyl (C=O) groups is 1. The zero-order valence-electron chi connectivity index (χ0n) is 11.2. The second-order valence-electron chi connectivity index (χ2n) is 5.05. The van der Waals surface area contributed by atoms with E-state index in [1.54, 1.807) is 0 Å². The summed E-state index contributed by atoms with van der Waals surface area (Å²) in [5, 5.41) is 4.21. The molecular weight excluding hydrogens is 228 g/mol. The maximum Gasteiger partial charge on any atom is 0.227 e. The van der Waals surface area contributed by atoms with E-state index in [1.807, 2.05) is 29.7 Å². The number of amides is 1. The van der Waals surface area contributed by atoms with Crippen LogP contribution in [0.5, 0.6) is 0 Å². The smallest absolute Gasteiger partial charge is 0.227 e. The number of hydrogen-bond donors (Lipinski definition) is 1. The maximum atomic E-state index is 12.3.